The number of halogens is 2. The van der Waals surface area contributed by atoms with E-state index in [9.17, 15) is 9.59 Å². The first kappa shape index (κ1) is 20.3. The van der Waals surface area contributed by atoms with E-state index in [1.807, 2.05) is 12.1 Å². The van der Waals surface area contributed by atoms with E-state index in [0.717, 1.165) is 21.9 Å². The van der Waals surface area contributed by atoms with Crippen molar-refractivity contribution < 1.29 is 9.59 Å². The molecule has 3 rings (SSSR count). The number of rotatable bonds is 2. The van der Waals surface area contributed by atoms with Gasteiger partial charge in [0.1, 0.15) is 9.57 Å². The lowest BCUT2D eigenvalue weighted by atomic mass is 9.92. The number of piperidine rings is 1. The Morgan fingerprint density at radius 1 is 1.19 bits per heavy atom. The number of likely N-dealkylation sites (tertiary alicyclic amines) is 1. The van der Waals surface area contributed by atoms with Gasteiger partial charge in [0.15, 0.2) is 0 Å². The second-order valence-electron chi connectivity index (χ2n) is 7.09. The van der Waals surface area contributed by atoms with Crippen LogP contribution in [0.1, 0.15) is 26.7 Å². The van der Waals surface area contributed by atoms with E-state index in [1.165, 1.54) is 23.1 Å². The van der Waals surface area contributed by atoms with Gasteiger partial charge in [0.2, 0.25) is 11.8 Å². The van der Waals surface area contributed by atoms with Crippen molar-refractivity contribution in [3.8, 4) is 0 Å². The molecule has 2 aliphatic rings. The number of carbonyl (C=O) groups excluding carboxylic acids is 2. The van der Waals surface area contributed by atoms with Gasteiger partial charge in [0.25, 0.3) is 0 Å². The lowest BCUT2D eigenvalue weighted by molar-refractivity contribution is -0.121. The zero-order valence-corrected chi connectivity index (χ0v) is 19.4. The summed E-state index contributed by atoms with van der Waals surface area (Å²) in [6, 6.07) is 5.42. The Kier molecular flexibility index (Phi) is 6.47. The maximum Gasteiger partial charge on any atom is 0.247 e. The van der Waals surface area contributed by atoms with E-state index in [4.69, 9.17) is 12.2 Å². The summed E-state index contributed by atoms with van der Waals surface area (Å²) in [6.07, 6.45) is 1.39. The molecule has 2 heterocycles. The summed E-state index contributed by atoms with van der Waals surface area (Å²) in [4.78, 5) is 28.8. The van der Waals surface area contributed by atoms with Gasteiger partial charge in [-0.05, 0) is 52.4 Å². The van der Waals surface area contributed by atoms with Crippen LogP contribution in [0.15, 0.2) is 27.1 Å². The van der Waals surface area contributed by atoms with Gasteiger partial charge >= 0.3 is 0 Å². The lowest BCUT2D eigenvalue weighted by Gasteiger charge is -2.36. The lowest BCUT2D eigenvalue weighted by Crippen LogP contribution is -2.41. The van der Waals surface area contributed by atoms with E-state index < -0.39 is 5.25 Å². The van der Waals surface area contributed by atoms with E-state index >= 15 is 0 Å². The molecule has 0 N–H and O–H groups in total. The Morgan fingerprint density at radius 3 is 2.46 bits per heavy atom. The second-order valence-corrected chi connectivity index (χ2v) is 10.7. The summed E-state index contributed by atoms with van der Waals surface area (Å²) in [5, 5.41) is -0.446. The number of hydrogen-bond acceptors (Lipinski definition) is 4. The summed E-state index contributed by atoms with van der Waals surface area (Å²) in [6.45, 7) is 6.31. The normalized spacial score (nSPS) is 26.5. The molecule has 2 saturated heterocycles. The predicted octanol–water partition coefficient (Wildman–Crippen LogP) is 4.84. The first-order chi connectivity index (χ1) is 12.3. The summed E-state index contributed by atoms with van der Waals surface area (Å²) in [5.74, 6) is 0.809. The smallest absolute Gasteiger partial charge is 0.247 e. The third-order valence-corrected chi connectivity index (χ3v) is 7.41. The highest BCUT2D eigenvalue weighted by Crippen LogP contribution is 2.36. The van der Waals surface area contributed by atoms with E-state index in [1.54, 1.807) is 6.07 Å². The quantitative estimate of drug-likeness (QED) is 0.413. The van der Waals surface area contributed by atoms with Gasteiger partial charge in [0.05, 0.1) is 5.69 Å². The molecule has 8 heteroatoms. The van der Waals surface area contributed by atoms with Crippen LogP contribution >= 0.6 is 55.8 Å². The molecule has 4 nitrogen and oxygen atoms in total. The third kappa shape index (κ3) is 4.34. The molecule has 0 aromatic heterocycles. The van der Waals surface area contributed by atoms with Crippen LogP contribution in [0.4, 0.5) is 5.69 Å². The van der Waals surface area contributed by atoms with Crippen LogP contribution in [0, 0.1) is 11.8 Å². The number of nitrogens with zero attached hydrogens (tertiary/aromatic N) is 2. The number of amides is 2. The first-order valence-corrected chi connectivity index (χ1v) is 11.4. The zero-order chi connectivity index (χ0) is 19.0. The molecule has 3 atom stereocenters. The zero-order valence-electron chi connectivity index (χ0n) is 14.6. The topological polar surface area (TPSA) is 40.6 Å². The molecule has 0 bridgehead atoms. The van der Waals surface area contributed by atoms with Crippen LogP contribution in [0.2, 0.25) is 0 Å². The monoisotopic (exact) mass is 518 g/mol. The maximum atomic E-state index is 12.9. The van der Waals surface area contributed by atoms with E-state index in [0.29, 0.717) is 22.0 Å². The van der Waals surface area contributed by atoms with Crippen molar-refractivity contribution in [1.29, 1.82) is 0 Å². The van der Waals surface area contributed by atoms with Gasteiger partial charge in [-0.2, -0.15) is 0 Å². The molecule has 0 aliphatic carbocycles. The standard InChI is InChI=1S/C18H20Br2N2O2S2/c1-10-5-11(2)9-21(8-10)18(25)26-15-7-16(23)22(17(15)24)14-4-3-12(19)6-13(14)20/h3-4,6,10-11,15H,5,7-9H2,1-2H3/t10-,11-,15+/m0/s1. The third-order valence-electron chi connectivity index (χ3n) is 4.63. The Balaban J connectivity index is 1.71. The SMILES string of the molecule is C[C@H]1C[C@H](C)CN(C(=S)S[C@@H]2CC(=O)N(c3ccc(Br)cc3Br)C2=O)C1. The van der Waals surface area contributed by atoms with Crippen molar-refractivity contribution in [2.45, 2.75) is 31.9 Å². The van der Waals surface area contributed by atoms with Gasteiger partial charge < -0.3 is 4.90 Å². The van der Waals surface area contributed by atoms with E-state index in [-0.39, 0.29) is 18.2 Å². The van der Waals surface area contributed by atoms with Crippen molar-refractivity contribution in [3.63, 3.8) is 0 Å². The van der Waals surface area contributed by atoms with Gasteiger partial charge in [0, 0.05) is 28.5 Å². The van der Waals surface area contributed by atoms with Crippen LogP contribution in [0.25, 0.3) is 0 Å². The fourth-order valence-electron chi connectivity index (χ4n) is 3.62. The Labute approximate surface area is 180 Å². The molecule has 2 aliphatic heterocycles. The Morgan fingerprint density at radius 2 is 1.85 bits per heavy atom. The van der Waals surface area contributed by atoms with Crippen LogP contribution in [-0.2, 0) is 9.59 Å². The van der Waals surface area contributed by atoms with Crippen LogP contribution < -0.4 is 4.90 Å². The summed E-state index contributed by atoms with van der Waals surface area (Å²) in [5.41, 5.74) is 0.581. The minimum Gasteiger partial charge on any atom is -0.357 e. The molecule has 0 radical (unpaired) electrons. The van der Waals surface area contributed by atoms with Crippen LogP contribution in [-0.4, -0.2) is 39.4 Å². The molecule has 2 amide bonds. The fourth-order valence-corrected chi connectivity index (χ4v) is 6.32. The molecule has 140 valence electrons. The molecule has 0 saturated carbocycles. The van der Waals surface area contributed by atoms with Crippen LogP contribution in [0.5, 0.6) is 0 Å². The number of carbonyl (C=O) groups is 2. The average molecular weight is 520 g/mol. The van der Waals surface area contributed by atoms with Crippen molar-refractivity contribution >= 4 is 77.7 Å². The summed E-state index contributed by atoms with van der Waals surface area (Å²) < 4.78 is 2.32. The molecule has 26 heavy (non-hydrogen) atoms. The molecule has 0 unspecified atom stereocenters. The molecular weight excluding hydrogens is 500 g/mol. The van der Waals surface area contributed by atoms with Crippen molar-refractivity contribution in [2.24, 2.45) is 11.8 Å². The minimum atomic E-state index is -0.446. The Hall–Kier alpha value is -0.440. The van der Waals surface area contributed by atoms with Gasteiger partial charge in [-0.1, -0.05) is 53.8 Å². The second kappa shape index (κ2) is 8.29. The average Bonchev–Trinajstić information content (AvgIpc) is 2.81. The highest BCUT2D eigenvalue weighted by molar-refractivity contribution is 9.11. The van der Waals surface area contributed by atoms with Crippen molar-refractivity contribution in [3.05, 3.63) is 27.1 Å². The first-order valence-electron chi connectivity index (χ1n) is 8.53. The number of thiocarbonyl (C=S) groups is 1. The minimum absolute atomic E-state index is 0.182. The number of hydrogen-bond donors (Lipinski definition) is 0. The number of anilines is 1. The Bertz CT molecular complexity index is 749. The predicted molar refractivity (Wildman–Crippen MR) is 117 cm³/mol. The molecular formula is C18H20Br2N2O2S2. The summed E-state index contributed by atoms with van der Waals surface area (Å²) >= 11 is 13.8. The maximum absolute atomic E-state index is 12.9. The fraction of sp³-hybridized carbons (Fsp3) is 0.500. The van der Waals surface area contributed by atoms with Gasteiger partial charge in [-0.15, -0.1) is 0 Å². The van der Waals surface area contributed by atoms with Crippen molar-refractivity contribution in [1.82, 2.24) is 4.90 Å². The van der Waals surface area contributed by atoms with Crippen molar-refractivity contribution in [2.75, 3.05) is 18.0 Å². The highest BCUT2D eigenvalue weighted by Gasteiger charge is 2.42. The molecule has 1 aromatic rings. The largest absolute Gasteiger partial charge is 0.357 e. The van der Waals surface area contributed by atoms with Crippen LogP contribution in [0.3, 0.4) is 0 Å². The number of imide groups is 1. The van der Waals surface area contributed by atoms with Gasteiger partial charge in [-0.3, -0.25) is 9.59 Å². The molecule has 1 aromatic carbocycles. The molecule has 0 spiro atoms. The number of benzene rings is 1. The molecule has 2 fully saturated rings. The number of thioether (sulfide) groups is 1. The van der Waals surface area contributed by atoms with E-state index in [2.05, 4.69) is 50.6 Å². The van der Waals surface area contributed by atoms with Gasteiger partial charge in [-0.25, -0.2) is 4.90 Å². The summed E-state index contributed by atoms with van der Waals surface area (Å²) in [7, 11) is 0. The highest BCUT2D eigenvalue weighted by atomic mass is 79.9.